The van der Waals surface area contributed by atoms with Crippen LogP contribution in [0.5, 0.6) is 0 Å². The number of nitrogens with one attached hydrogen (secondary N) is 1. The van der Waals surface area contributed by atoms with Gasteiger partial charge in [-0.25, -0.2) is 0 Å². The minimum absolute atomic E-state index is 0.524. The maximum absolute atomic E-state index is 10.3. The number of furan rings is 1. The van der Waals surface area contributed by atoms with E-state index in [-0.39, 0.29) is 0 Å². The molecule has 3 heteroatoms. The van der Waals surface area contributed by atoms with Crippen molar-refractivity contribution in [3.8, 4) is 0 Å². The summed E-state index contributed by atoms with van der Waals surface area (Å²) in [5.41, 5.74) is -0.930. The molecular formula is C14H25NO2. The molecule has 17 heavy (non-hydrogen) atoms. The van der Waals surface area contributed by atoms with Crippen LogP contribution in [0.1, 0.15) is 45.1 Å². The van der Waals surface area contributed by atoms with Crippen molar-refractivity contribution in [2.45, 2.75) is 46.1 Å². The first kappa shape index (κ1) is 14.3. The van der Waals surface area contributed by atoms with Crippen LogP contribution in [0.3, 0.4) is 0 Å². The molecular weight excluding hydrogens is 214 g/mol. The normalized spacial score (nSPS) is 15.2. The lowest BCUT2D eigenvalue weighted by molar-refractivity contribution is 0.0327. The Balaban J connectivity index is 2.44. The molecule has 0 aromatic carbocycles. The molecule has 0 aliphatic heterocycles. The van der Waals surface area contributed by atoms with Gasteiger partial charge in [-0.3, -0.25) is 0 Å². The van der Waals surface area contributed by atoms with E-state index in [0.29, 0.717) is 18.2 Å². The Morgan fingerprint density at radius 3 is 2.47 bits per heavy atom. The van der Waals surface area contributed by atoms with Crippen molar-refractivity contribution in [3.63, 3.8) is 0 Å². The van der Waals surface area contributed by atoms with Gasteiger partial charge in [-0.05, 0) is 38.4 Å². The van der Waals surface area contributed by atoms with E-state index >= 15 is 0 Å². The van der Waals surface area contributed by atoms with Gasteiger partial charge in [-0.15, -0.1) is 0 Å². The molecule has 1 unspecified atom stereocenters. The number of rotatable bonds is 7. The van der Waals surface area contributed by atoms with E-state index < -0.39 is 5.60 Å². The van der Waals surface area contributed by atoms with E-state index in [0.717, 1.165) is 12.3 Å². The number of hydrogen-bond donors (Lipinski definition) is 2. The fourth-order valence-corrected chi connectivity index (χ4v) is 1.91. The summed E-state index contributed by atoms with van der Waals surface area (Å²) >= 11 is 0. The highest BCUT2D eigenvalue weighted by Crippen LogP contribution is 2.22. The second-order valence-corrected chi connectivity index (χ2v) is 5.00. The van der Waals surface area contributed by atoms with E-state index in [1.807, 2.05) is 19.1 Å². The Labute approximate surface area is 104 Å². The predicted molar refractivity (Wildman–Crippen MR) is 70.0 cm³/mol. The van der Waals surface area contributed by atoms with E-state index in [1.54, 1.807) is 6.92 Å². The van der Waals surface area contributed by atoms with Crippen molar-refractivity contribution in [2.24, 2.45) is 5.92 Å². The highest BCUT2D eigenvalue weighted by atomic mass is 16.4. The molecule has 2 N–H and O–H groups in total. The Morgan fingerprint density at radius 1 is 1.35 bits per heavy atom. The van der Waals surface area contributed by atoms with Gasteiger partial charge in [0.05, 0.1) is 0 Å². The summed E-state index contributed by atoms with van der Waals surface area (Å²) in [5, 5.41) is 13.6. The maximum Gasteiger partial charge on any atom is 0.136 e. The topological polar surface area (TPSA) is 45.4 Å². The molecule has 0 saturated heterocycles. The summed E-state index contributed by atoms with van der Waals surface area (Å²) in [6.45, 7) is 9.54. The Hall–Kier alpha value is -0.800. The van der Waals surface area contributed by atoms with E-state index in [9.17, 15) is 5.11 Å². The molecule has 1 heterocycles. The molecule has 3 nitrogen and oxygen atoms in total. The zero-order chi connectivity index (χ0) is 12.9. The van der Waals surface area contributed by atoms with Crippen molar-refractivity contribution in [2.75, 3.05) is 13.1 Å². The summed E-state index contributed by atoms with van der Waals surface area (Å²) in [6, 6.07) is 3.72. The number of aryl methyl sites for hydroxylation is 1. The summed E-state index contributed by atoms with van der Waals surface area (Å²) < 4.78 is 5.47. The lowest BCUT2D eigenvalue weighted by atomic mass is 10.0. The lowest BCUT2D eigenvalue weighted by Gasteiger charge is -2.23. The third-order valence-corrected chi connectivity index (χ3v) is 3.33. The average Bonchev–Trinajstić information content (AvgIpc) is 2.72. The van der Waals surface area contributed by atoms with Gasteiger partial charge in [-0.1, -0.05) is 26.7 Å². The quantitative estimate of drug-likeness (QED) is 0.769. The molecule has 1 rings (SSSR count). The zero-order valence-electron chi connectivity index (χ0n) is 11.4. The molecule has 98 valence electrons. The minimum Gasteiger partial charge on any atom is -0.463 e. The smallest absolute Gasteiger partial charge is 0.136 e. The SMILES string of the molecule is CCC(CC)CNCC(C)(O)c1ccc(C)o1. The van der Waals surface area contributed by atoms with Crippen LogP contribution in [-0.2, 0) is 5.60 Å². The van der Waals surface area contributed by atoms with Gasteiger partial charge in [0.2, 0.25) is 0 Å². The first-order valence-electron chi connectivity index (χ1n) is 6.49. The van der Waals surface area contributed by atoms with Crippen LogP contribution >= 0.6 is 0 Å². The van der Waals surface area contributed by atoms with Crippen LogP contribution < -0.4 is 5.32 Å². The molecule has 1 aromatic heterocycles. The first-order chi connectivity index (χ1) is 7.99. The molecule has 0 aliphatic rings. The predicted octanol–water partition coefficient (Wildman–Crippen LogP) is 2.82. The lowest BCUT2D eigenvalue weighted by Crippen LogP contribution is -2.37. The van der Waals surface area contributed by atoms with Gasteiger partial charge in [0.25, 0.3) is 0 Å². The van der Waals surface area contributed by atoms with Crippen molar-refractivity contribution in [1.82, 2.24) is 5.32 Å². The van der Waals surface area contributed by atoms with Crippen LogP contribution in [-0.4, -0.2) is 18.2 Å². The van der Waals surface area contributed by atoms with Crippen LogP contribution in [0.25, 0.3) is 0 Å². The number of aliphatic hydroxyl groups is 1. The standard InChI is InChI=1S/C14H25NO2/c1-5-12(6-2)9-15-10-14(4,16)13-8-7-11(3)17-13/h7-8,12,15-16H,5-6,9-10H2,1-4H3. The molecule has 0 radical (unpaired) electrons. The third kappa shape index (κ3) is 4.17. The highest BCUT2D eigenvalue weighted by molar-refractivity contribution is 5.12. The largest absolute Gasteiger partial charge is 0.463 e. The molecule has 0 bridgehead atoms. The second kappa shape index (κ2) is 6.22. The molecule has 0 amide bonds. The molecule has 0 aliphatic carbocycles. The highest BCUT2D eigenvalue weighted by Gasteiger charge is 2.26. The molecule has 0 spiro atoms. The summed E-state index contributed by atoms with van der Waals surface area (Å²) in [4.78, 5) is 0. The summed E-state index contributed by atoms with van der Waals surface area (Å²) in [5.74, 6) is 2.15. The van der Waals surface area contributed by atoms with Gasteiger partial charge in [0, 0.05) is 6.54 Å². The molecule has 0 saturated carbocycles. The summed E-state index contributed by atoms with van der Waals surface area (Å²) in [6.07, 6.45) is 2.34. The monoisotopic (exact) mass is 239 g/mol. The fraction of sp³-hybridized carbons (Fsp3) is 0.714. The first-order valence-corrected chi connectivity index (χ1v) is 6.49. The van der Waals surface area contributed by atoms with E-state index in [4.69, 9.17) is 4.42 Å². The van der Waals surface area contributed by atoms with Gasteiger partial charge in [0.1, 0.15) is 17.1 Å². The Bertz CT molecular complexity index is 327. The Morgan fingerprint density at radius 2 is 2.00 bits per heavy atom. The zero-order valence-corrected chi connectivity index (χ0v) is 11.4. The third-order valence-electron chi connectivity index (χ3n) is 3.33. The van der Waals surface area contributed by atoms with Crippen molar-refractivity contribution in [1.29, 1.82) is 0 Å². The molecule has 1 aromatic rings. The van der Waals surface area contributed by atoms with Gasteiger partial charge in [-0.2, -0.15) is 0 Å². The van der Waals surface area contributed by atoms with Crippen LogP contribution in [0.2, 0.25) is 0 Å². The van der Waals surface area contributed by atoms with Crippen molar-refractivity contribution >= 4 is 0 Å². The maximum atomic E-state index is 10.3. The van der Waals surface area contributed by atoms with Gasteiger partial charge >= 0.3 is 0 Å². The second-order valence-electron chi connectivity index (χ2n) is 5.00. The van der Waals surface area contributed by atoms with Crippen LogP contribution in [0, 0.1) is 12.8 Å². The average molecular weight is 239 g/mol. The van der Waals surface area contributed by atoms with Gasteiger partial charge < -0.3 is 14.8 Å². The molecule has 0 fully saturated rings. The van der Waals surface area contributed by atoms with Gasteiger partial charge in [0.15, 0.2) is 0 Å². The summed E-state index contributed by atoms with van der Waals surface area (Å²) in [7, 11) is 0. The van der Waals surface area contributed by atoms with Crippen LogP contribution in [0.15, 0.2) is 16.5 Å². The van der Waals surface area contributed by atoms with E-state index in [2.05, 4.69) is 19.2 Å². The number of hydrogen-bond acceptors (Lipinski definition) is 3. The fourth-order valence-electron chi connectivity index (χ4n) is 1.91. The van der Waals surface area contributed by atoms with E-state index in [1.165, 1.54) is 12.8 Å². The minimum atomic E-state index is -0.930. The Kier molecular flexibility index (Phi) is 5.22. The molecule has 1 atom stereocenters. The van der Waals surface area contributed by atoms with Crippen molar-refractivity contribution in [3.05, 3.63) is 23.7 Å². The van der Waals surface area contributed by atoms with Crippen molar-refractivity contribution < 1.29 is 9.52 Å². The van der Waals surface area contributed by atoms with Crippen LogP contribution in [0.4, 0.5) is 0 Å².